The highest BCUT2D eigenvalue weighted by atomic mass is 16.5. The van der Waals surface area contributed by atoms with E-state index in [0.717, 1.165) is 27.9 Å². The summed E-state index contributed by atoms with van der Waals surface area (Å²) in [5, 5.41) is 18.5. The van der Waals surface area contributed by atoms with Gasteiger partial charge in [-0.05, 0) is 78.6 Å². The topological polar surface area (TPSA) is 85.5 Å². The fraction of sp³-hybridized carbons (Fsp3) is 0.115. The largest absolute Gasteiger partial charge is 0.489 e. The Hall–Kier alpha value is -4.35. The monoisotopic (exact) mass is 404 g/mol. The van der Waals surface area contributed by atoms with Crippen LogP contribution in [0.2, 0.25) is 0 Å². The van der Waals surface area contributed by atoms with Gasteiger partial charge in [0, 0.05) is 0 Å². The van der Waals surface area contributed by atoms with E-state index in [2.05, 4.69) is 42.0 Å². The van der Waals surface area contributed by atoms with Crippen LogP contribution < -0.4 is 4.74 Å². The molecule has 0 aliphatic heterocycles. The summed E-state index contributed by atoms with van der Waals surface area (Å²) in [7, 11) is 0. The first-order chi connectivity index (χ1) is 15.1. The van der Waals surface area contributed by atoms with E-state index in [1.54, 1.807) is 12.1 Å². The lowest BCUT2D eigenvalue weighted by Crippen LogP contribution is -1.95. The molecule has 0 bridgehead atoms. The molecule has 0 unspecified atom stereocenters. The van der Waals surface area contributed by atoms with Crippen LogP contribution >= 0.6 is 0 Å². The Kier molecular flexibility index (Phi) is 5.51. The summed E-state index contributed by atoms with van der Waals surface area (Å²) in [4.78, 5) is 7.83. The van der Waals surface area contributed by atoms with Gasteiger partial charge in [-0.1, -0.05) is 24.3 Å². The third kappa shape index (κ3) is 4.47. The van der Waals surface area contributed by atoms with Gasteiger partial charge in [-0.3, -0.25) is 0 Å². The molecule has 31 heavy (non-hydrogen) atoms. The van der Waals surface area contributed by atoms with E-state index < -0.39 is 0 Å². The number of nitriles is 2. The number of fused-ring (bicyclic) bond motifs is 1. The van der Waals surface area contributed by atoms with Crippen molar-refractivity contribution in [1.29, 1.82) is 10.5 Å². The highest BCUT2D eigenvalue weighted by molar-refractivity contribution is 5.90. The zero-order valence-corrected chi connectivity index (χ0v) is 17.3. The van der Waals surface area contributed by atoms with Crippen LogP contribution in [0, 0.1) is 36.5 Å². The van der Waals surface area contributed by atoms with Crippen molar-refractivity contribution in [1.82, 2.24) is 9.97 Å². The van der Waals surface area contributed by atoms with E-state index in [-0.39, 0.29) is 0 Å². The van der Waals surface area contributed by atoms with E-state index in [0.29, 0.717) is 23.6 Å². The summed E-state index contributed by atoms with van der Waals surface area (Å²) in [6.07, 6.45) is 1.81. The number of hydrogen-bond acceptors (Lipinski definition) is 4. The predicted molar refractivity (Wildman–Crippen MR) is 121 cm³/mol. The number of hydrogen-bond donors (Lipinski definition) is 1. The molecule has 4 rings (SSSR count). The lowest BCUT2D eigenvalue weighted by molar-refractivity contribution is 0.306. The zero-order chi connectivity index (χ0) is 21.8. The number of benzene rings is 3. The summed E-state index contributed by atoms with van der Waals surface area (Å²) in [6.45, 7) is 4.53. The van der Waals surface area contributed by atoms with Gasteiger partial charge in [0.05, 0.1) is 28.2 Å². The van der Waals surface area contributed by atoms with Crippen molar-refractivity contribution in [2.24, 2.45) is 0 Å². The molecule has 0 aliphatic carbocycles. The highest BCUT2D eigenvalue weighted by Crippen LogP contribution is 2.23. The maximum absolute atomic E-state index is 9.65. The van der Waals surface area contributed by atoms with Gasteiger partial charge >= 0.3 is 0 Å². The molecule has 0 atom stereocenters. The van der Waals surface area contributed by atoms with Gasteiger partial charge < -0.3 is 9.72 Å². The van der Waals surface area contributed by atoms with Crippen molar-refractivity contribution in [3.8, 4) is 17.9 Å². The van der Waals surface area contributed by atoms with Crippen LogP contribution in [0.1, 0.15) is 33.6 Å². The summed E-state index contributed by atoms with van der Waals surface area (Å²) in [5.41, 5.74) is 7.10. The van der Waals surface area contributed by atoms with Crippen molar-refractivity contribution < 1.29 is 4.74 Å². The second-order valence-corrected chi connectivity index (χ2v) is 7.38. The lowest BCUT2D eigenvalue weighted by atomic mass is 10.1. The van der Waals surface area contributed by atoms with E-state index in [1.807, 2.05) is 48.5 Å². The summed E-state index contributed by atoms with van der Waals surface area (Å²) < 4.78 is 5.81. The number of rotatable bonds is 5. The number of H-pyrrole nitrogens is 1. The molecule has 4 aromatic rings. The van der Waals surface area contributed by atoms with Crippen molar-refractivity contribution in [2.45, 2.75) is 20.5 Å². The number of ether oxygens (including phenoxy) is 1. The summed E-state index contributed by atoms with van der Waals surface area (Å²) in [5.74, 6) is 1.29. The first-order valence-corrected chi connectivity index (χ1v) is 9.87. The maximum Gasteiger partial charge on any atom is 0.149 e. The molecule has 3 aromatic carbocycles. The molecule has 0 fully saturated rings. The van der Waals surface area contributed by atoms with Crippen molar-refractivity contribution in [2.75, 3.05) is 0 Å². The number of nitrogens with zero attached hydrogens (tertiary/aromatic N) is 3. The molecule has 1 heterocycles. The van der Waals surface area contributed by atoms with Gasteiger partial charge in [0.2, 0.25) is 0 Å². The summed E-state index contributed by atoms with van der Waals surface area (Å²) >= 11 is 0. The van der Waals surface area contributed by atoms with E-state index in [1.165, 1.54) is 11.1 Å². The van der Waals surface area contributed by atoms with Crippen LogP contribution in [-0.4, -0.2) is 9.97 Å². The minimum absolute atomic E-state index is 0.419. The van der Waals surface area contributed by atoms with Crippen molar-refractivity contribution >= 4 is 22.7 Å². The molecule has 0 spiro atoms. The van der Waals surface area contributed by atoms with Gasteiger partial charge in [0.25, 0.3) is 0 Å². The predicted octanol–water partition coefficient (Wildman–Crippen LogP) is 5.69. The average Bonchev–Trinajstić information content (AvgIpc) is 3.19. The molecule has 5 heteroatoms. The Morgan fingerprint density at radius 3 is 2.39 bits per heavy atom. The standard InChI is InChI=1S/C26H20N4O/c1-17-11-24-25(12-18(17)2)30-26(29-24)22(15-28)13-19-7-9-23(10-8-19)31-16-21-5-3-20(14-27)4-6-21/h3-13H,16H2,1-2H3,(H,29,30)/b22-13+. The van der Waals surface area contributed by atoms with Crippen molar-refractivity contribution in [3.05, 3.63) is 94.3 Å². The first-order valence-electron chi connectivity index (χ1n) is 9.87. The van der Waals surface area contributed by atoms with Gasteiger partial charge in [-0.15, -0.1) is 0 Å². The number of imidazole rings is 1. The van der Waals surface area contributed by atoms with E-state index in [4.69, 9.17) is 10.00 Å². The van der Waals surface area contributed by atoms with E-state index >= 15 is 0 Å². The lowest BCUT2D eigenvalue weighted by Gasteiger charge is -2.06. The normalized spacial score (nSPS) is 11.2. The fourth-order valence-corrected chi connectivity index (χ4v) is 3.22. The number of aromatic nitrogens is 2. The highest BCUT2D eigenvalue weighted by Gasteiger charge is 2.09. The Bertz CT molecular complexity index is 1310. The third-order valence-electron chi connectivity index (χ3n) is 5.15. The molecule has 1 N–H and O–H groups in total. The zero-order valence-electron chi connectivity index (χ0n) is 17.3. The molecule has 0 saturated carbocycles. The molecule has 0 radical (unpaired) electrons. The first kappa shape index (κ1) is 19.9. The van der Waals surface area contributed by atoms with Gasteiger partial charge in [-0.25, -0.2) is 4.98 Å². The maximum atomic E-state index is 9.65. The number of allylic oxidation sites excluding steroid dienone is 1. The van der Waals surface area contributed by atoms with Crippen LogP contribution in [0.3, 0.4) is 0 Å². The van der Waals surface area contributed by atoms with Crippen LogP contribution in [0.15, 0.2) is 60.7 Å². The summed E-state index contributed by atoms with van der Waals surface area (Å²) in [6, 6.07) is 23.3. The van der Waals surface area contributed by atoms with Gasteiger partial charge in [-0.2, -0.15) is 10.5 Å². The van der Waals surface area contributed by atoms with Crippen LogP contribution in [0.25, 0.3) is 22.7 Å². The number of nitrogens with one attached hydrogen (secondary N) is 1. The van der Waals surface area contributed by atoms with Gasteiger partial charge in [0.1, 0.15) is 24.3 Å². The fourth-order valence-electron chi connectivity index (χ4n) is 3.22. The molecule has 0 amide bonds. The molecule has 0 aliphatic rings. The molecule has 0 saturated heterocycles. The van der Waals surface area contributed by atoms with Crippen LogP contribution in [-0.2, 0) is 6.61 Å². The third-order valence-corrected chi connectivity index (χ3v) is 5.15. The molecule has 5 nitrogen and oxygen atoms in total. The molecule has 1 aromatic heterocycles. The molecular formula is C26H20N4O. The van der Waals surface area contributed by atoms with Crippen molar-refractivity contribution in [3.63, 3.8) is 0 Å². The Morgan fingerprint density at radius 2 is 1.71 bits per heavy atom. The Labute approximate surface area is 180 Å². The SMILES string of the molecule is Cc1cc2nc(/C(C#N)=C/c3ccc(OCc4ccc(C#N)cc4)cc3)[nH]c2cc1C. The molecular weight excluding hydrogens is 384 g/mol. The number of aryl methyl sites for hydroxylation is 2. The second kappa shape index (κ2) is 8.57. The Balaban J connectivity index is 1.49. The van der Waals surface area contributed by atoms with Gasteiger partial charge in [0.15, 0.2) is 0 Å². The van der Waals surface area contributed by atoms with E-state index in [9.17, 15) is 5.26 Å². The molecule has 150 valence electrons. The Morgan fingerprint density at radius 1 is 1.00 bits per heavy atom. The number of aromatic amines is 1. The average molecular weight is 404 g/mol. The second-order valence-electron chi connectivity index (χ2n) is 7.38. The minimum Gasteiger partial charge on any atom is -0.489 e. The van der Waals surface area contributed by atoms with Crippen LogP contribution in [0.5, 0.6) is 5.75 Å². The minimum atomic E-state index is 0.419. The quantitative estimate of drug-likeness (QED) is 0.433. The van der Waals surface area contributed by atoms with Crippen LogP contribution in [0.4, 0.5) is 0 Å². The smallest absolute Gasteiger partial charge is 0.149 e.